The fourth-order valence-corrected chi connectivity index (χ4v) is 2.17. The molecule has 1 aromatic rings. The van der Waals surface area contributed by atoms with Gasteiger partial charge in [0.2, 0.25) is 0 Å². The van der Waals surface area contributed by atoms with Gasteiger partial charge >= 0.3 is 0 Å². The predicted octanol–water partition coefficient (Wildman–Crippen LogP) is 1.99. The Morgan fingerprint density at radius 3 is 2.78 bits per heavy atom. The Hall–Kier alpha value is -1.13. The fourth-order valence-electron chi connectivity index (χ4n) is 2.17. The van der Waals surface area contributed by atoms with E-state index in [0.717, 1.165) is 18.7 Å². The zero-order chi connectivity index (χ0) is 12.4. The van der Waals surface area contributed by atoms with Crippen LogP contribution in [0.4, 0.5) is 4.39 Å². The number of aryl methyl sites for hydroxylation is 1. The van der Waals surface area contributed by atoms with Crippen LogP contribution < -0.4 is 5.32 Å². The number of piperazine rings is 1. The van der Waals surface area contributed by atoms with Crippen LogP contribution in [0.5, 0.6) is 0 Å². The molecule has 0 aromatic heterocycles. The lowest BCUT2D eigenvalue weighted by molar-refractivity contribution is 0.0655. The van der Waals surface area contributed by atoms with Crippen LogP contribution >= 0.6 is 12.4 Å². The van der Waals surface area contributed by atoms with E-state index in [-0.39, 0.29) is 30.2 Å². The molecule has 1 fully saturated rings. The molecule has 1 aromatic carbocycles. The molecular formula is C13H18ClFN2O. The Morgan fingerprint density at radius 1 is 1.44 bits per heavy atom. The first-order valence-corrected chi connectivity index (χ1v) is 5.87. The quantitative estimate of drug-likeness (QED) is 0.848. The third-order valence-corrected chi connectivity index (χ3v) is 3.05. The van der Waals surface area contributed by atoms with Gasteiger partial charge < -0.3 is 10.2 Å². The second-order valence-electron chi connectivity index (χ2n) is 4.57. The van der Waals surface area contributed by atoms with Crippen LogP contribution in [-0.2, 0) is 0 Å². The molecule has 18 heavy (non-hydrogen) atoms. The van der Waals surface area contributed by atoms with Gasteiger partial charge in [-0.1, -0.05) is 0 Å². The highest BCUT2D eigenvalue weighted by Gasteiger charge is 2.24. The Labute approximate surface area is 113 Å². The van der Waals surface area contributed by atoms with Crippen LogP contribution in [0.1, 0.15) is 22.8 Å². The maximum absolute atomic E-state index is 13.3. The first-order valence-electron chi connectivity index (χ1n) is 5.87. The maximum Gasteiger partial charge on any atom is 0.254 e. The molecule has 2 rings (SSSR count). The second-order valence-corrected chi connectivity index (χ2v) is 4.57. The summed E-state index contributed by atoms with van der Waals surface area (Å²) in [4.78, 5) is 14.0. The molecule has 1 heterocycles. The predicted molar refractivity (Wildman–Crippen MR) is 71.8 cm³/mol. The van der Waals surface area contributed by atoms with Crippen molar-refractivity contribution in [2.75, 3.05) is 19.6 Å². The minimum absolute atomic E-state index is 0. The Morgan fingerprint density at radius 2 is 2.17 bits per heavy atom. The molecule has 1 aliphatic heterocycles. The highest BCUT2D eigenvalue weighted by Crippen LogP contribution is 2.13. The first kappa shape index (κ1) is 14.9. The van der Waals surface area contributed by atoms with E-state index in [4.69, 9.17) is 0 Å². The van der Waals surface area contributed by atoms with E-state index in [1.54, 1.807) is 17.9 Å². The smallest absolute Gasteiger partial charge is 0.254 e. The molecule has 1 atom stereocenters. The number of rotatable bonds is 1. The molecule has 1 saturated heterocycles. The third kappa shape index (κ3) is 3.21. The summed E-state index contributed by atoms with van der Waals surface area (Å²) in [6.45, 7) is 6.05. The van der Waals surface area contributed by atoms with Gasteiger partial charge in [-0.25, -0.2) is 4.39 Å². The molecule has 0 radical (unpaired) electrons. The van der Waals surface area contributed by atoms with Gasteiger partial charge in [0.05, 0.1) is 0 Å². The van der Waals surface area contributed by atoms with Crippen molar-refractivity contribution < 1.29 is 9.18 Å². The lowest BCUT2D eigenvalue weighted by atomic mass is 10.1. The van der Waals surface area contributed by atoms with Crippen molar-refractivity contribution in [1.82, 2.24) is 10.2 Å². The molecular weight excluding hydrogens is 255 g/mol. The second kappa shape index (κ2) is 6.16. The van der Waals surface area contributed by atoms with Crippen molar-refractivity contribution in [2.24, 2.45) is 0 Å². The minimum atomic E-state index is -0.351. The molecule has 3 nitrogen and oxygen atoms in total. The summed E-state index contributed by atoms with van der Waals surface area (Å²) >= 11 is 0. The summed E-state index contributed by atoms with van der Waals surface area (Å²) in [6.07, 6.45) is 0. The highest BCUT2D eigenvalue weighted by atomic mass is 35.5. The van der Waals surface area contributed by atoms with E-state index < -0.39 is 0 Å². The number of halogens is 2. The number of benzene rings is 1. The van der Waals surface area contributed by atoms with Crippen LogP contribution in [0.3, 0.4) is 0 Å². The van der Waals surface area contributed by atoms with Gasteiger partial charge in [0.25, 0.3) is 5.91 Å². The van der Waals surface area contributed by atoms with E-state index in [0.29, 0.717) is 12.1 Å². The summed E-state index contributed by atoms with van der Waals surface area (Å²) in [5, 5.41) is 3.23. The fraction of sp³-hybridized carbons (Fsp3) is 0.462. The van der Waals surface area contributed by atoms with Crippen molar-refractivity contribution in [1.29, 1.82) is 0 Å². The maximum atomic E-state index is 13.3. The number of carbonyl (C=O) groups excluding carboxylic acids is 1. The molecule has 1 amide bonds. The summed E-state index contributed by atoms with van der Waals surface area (Å²) < 4.78 is 13.3. The zero-order valence-corrected chi connectivity index (χ0v) is 11.4. The molecule has 0 aliphatic carbocycles. The average Bonchev–Trinajstić information content (AvgIpc) is 2.27. The molecule has 1 N–H and O–H groups in total. The van der Waals surface area contributed by atoms with Crippen LogP contribution in [0.2, 0.25) is 0 Å². The molecule has 0 saturated carbocycles. The first-order chi connectivity index (χ1) is 8.08. The van der Waals surface area contributed by atoms with E-state index in [2.05, 4.69) is 5.32 Å². The SMILES string of the molecule is Cc1cc(F)cc(C(=O)N2CCNC[C@@H]2C)c1.Cl. The van der Waals surface area contributed by atoms with Crippen LogP contribution in [0.25, 0.3) is 0 Å². The Balaban J connectivity index is 0.00000162. The Kier molecular flexibility index (Phi) is 5.11. The molecule has 0 bridgehead atoms. The minimum Gasteiger partial charge on any atom is -0.333 e. The highest BCUT2D eigenvalue weighted by molar-refractivity contribution is 5.94. The summed E-state index contributed by atoms with van der Waals surface area (Å²) in [6, 6.07) is 4.63. The third-order valence-electron chi connectivity index (χ3n) is 3.05. The van der Waals surface area contributed by atoms with Crippen molar-refractivity contribution in [3.05, 3.63) is 35.1 Å². The van der Waals surface area contributed by atoms with Crippen LogP contribution in [0.15, 0.2) is 18.2 Å². The van der Waals surface area contributed by atoms with Crippen LogP contribution in [0, 0.1) is 12.7 Å². The van der Waals surface area contributed by atoms with E-state index in [9.17, 15) is 9.18 Å². The van der Waals surface area contributed by atoms with Crippen molar-refractivity contribution in [2.45, 2.75) is 19.9 Å². The largest absolute Gasteiger partial charge is 0.333 e. The van der Waals surface area contributed by atoms with E-state index in [1.165, 1.54) is 12.1 Å². The van der Waals surface area contributed by atoms with Crippen molar-refractivity contribution in [3.8, 4) is 0 Å². The van der Waals surface area contributed by atoms with Gasteiger partial charge in [0.15, 0.2) is 0 Å². The van der Waals surface area contributed by atoms with Gasteiger partial charge in [-0.3, -0.25) is 4.79 Å². The normalized spacial score (nSPS) is 19.3. The average molecular weight is 273 g/mol. The lowest BCUT2D eigenvalue weighted by Gasteiger charge is -2.34. The molecule has 1 aliphatic rings. The summed E-state index contributed by atoms with van der Waals surface area (Å²) in [7, 11) is 0. The van der Waals surface area contributed by atoms with Gasteiger partial charge in [0.1, 0.15) is 5.82 Å². The van der Waals surface area contributed by atoms with Gasteiger partial charge in [0, 0.05) is 31.2 Å². The van der Waals surface area contributed by atoms with E-state index in [1.807, 2.05) is 6.92 Å². The number of hydrogen-bond donors (Lipinski definition) is 1. The molecule has 0 spiro atoms. The standard InChI is InChI=1S/C13H17FN2O.ClH/c1-9-5-11(7-12(14)6-9)13(17)16-4-3-15-8-10(16)2;/h5-7,10,15H,3-4,8H2,1-2H3;1H/t10-;/m0./s1. The zero-order valence-electron chi connectivity index (χ0n) is 10.6. The van der Waals surface area contributed by atoms with Gasteiger partial charge in [-0.15, -0.1) is 12.4 Å². The number of hydrogen-bond acceptors (Lipinski definition) is 2. The molecule has 100 valence electrons. The number of nitrogens with one attached hydrogen (secondary N) is 1. The topological polar surface area (TPSA) is 32.3 Å². The van der Waals surface area contributed by atoms with Crippen LogP contribution in [-0.4, -0.2) is 36.5 Å². The van der Waals surface area contributed by atoms with Crippen molar-refractivity contribution >= 4 is 18.3 Å². The molecule has 0 unspecified atom stereocenters. The monoisotopic (exact) mass is 272 g/mol. The van der Waals surface area contributed by atoms with Gasteiger partial charge in [-0.05, 0) is 37.6 Å². The number of amides is 1. The number of carbonyl (C=O) groups is 1. The van der Waals surface area contributed by atoms with E-state index >= 15 is 0 Å². The summed E-state index contributed by atoms with van der Waals surface area (Å²) in [5.74, 6) is -0.433. The number of nitrogens with zero attached hydrogens (tertiary/aromatic N) is 1. The van der Waals surface area contributed by atoms with Gasteiger partial charge in [-0.2, -0.15) is 0 Å². The Bertz CT molecular complexity index is 419. The lowest BCUT2D eigenvalue weighted by Crippen LogP contribution is -2.52. The van der Waals surface area contributed by atoms with Crippen molar-refractivity contribution in [3.63, 3.8) is 0 Å². The summed E-state index contributed by atoms with van der Waals surface area (Å²) in [5.41, 5.74) is 1.22. The molecule has 5 heteroatoms.